The van der Waals surface area contributed by atoms with Crippen LogP contribution in [0.4, 0.5) is 0 Å². The summed E-state index contributed by atoms with van der Waals surface area (Å²) >= 11 is 0. The van der Waals surface area contributed by atoms with Gasteiger partial charge in [-0.2, -0.15) is 5.10 Å². The summed E-state index contributed by atoms with van der Waals surface area (Å²) in [5, 5.41) is 11.1. The molecule has 1 N–H and O–H groups in total. The lowest BCUT2D eigenvalue weighted by Crippen LogP contribution is -2.32. The number of amides is 1. The average Bonchev–Trinajstić information content (AvgIpc) is 2.99. The fraction of sp³-hybridized carbons (Fsp3) is 0.600. The Morgan fingerprint density at radius 1 is 1.48 bits per heavy atom. The average molecular weight is 317 g/mol. The van der Waals surface area contributed by atoms with Gasteiger partial charge in [0.2, 0.25) is 5.76 Å². The van der Waals surface area contributed by atoms with Crippen molar-refractivity contribution in [2.45, 2.75) is 44.2 Å². The van der Waals surface area contributed by atoms with Crippen LogP contribution in [0.25, 0.3) is 0 Å². The molecule has 1 amide bonds. The van der Waals surface area contributed by atoms with Crippen LogP contribution in [-0.4, -0.2) is 50.9 Å². The number of aryl methyl sites for hydroxylation is 1. The normalized spacial score (nSPS) is 24.3. The molecule has 3 heterocycles. The number of H-pyrrole nitrogens is 1. The second-order valence-corrected chi connectivity index (χ2v) is 6.25. The van der Waals surface area contributed by atoms with Crippen LogP contribution in [0.2, 0.25) is 0 Å². The quantitative estimate of drug-likeness (QED) is 0.919. The van der Waals surface area contributed by atoms with Gasteiger partial charge in [-0.25, -0.2) is 4.98 Å². The standard InChI is InChI=1S/C15H19N5O3/c1-8-5-12(23-19-8)15(21)20-7-10(22-2)6-11(20)14-16-13(17-18-14)9-3-4-9/h5,9-11H,3-4,6-7H2,1-2H3,(H,16,17,18)/t10-,11+/m1/s1. The van der Waals surface area contributed by atoms with Crippen LogP contribution in [0.15, 0.2) is 10.6 Å². The van der Waals surface area contributed by atoms with Gasteiger partial charge in [-0.05, 0) is 19.8 Å². The number of methoxy groups -OCH3 is 1. The van der Waals surface area contributed by atoms with Crippen LogP contribution >= 0.6 is 0 Å². The number of hydrogen-bond acceptors (Lipinski definition) is 6. The van der Waals surface area contributed by atoms with Gasteiger partial charge in [-0.1, -0.05) is 5.16 Å². The predicted octanol–water partition coefficient (Wildman–Crippen LogP) is 1.58. The first-order chi connectivity index (χ1) is 11.2. The van der Waals surface area contributed by atoms with Gasteiger partial charge >= 0.3 is 0 Å². The van der Waals surface area contributed by atoms with Crippen molar-refractivity contribution < 1.29 is 14.1 Å². The van der Waals surface area contributed by atoms with Crippen molar-refractivity contribution in [1.29, 1.82) is 0 Å². The molecule has 8 heteroatoms. The van der Waals surface area contributed by atoms with E-state index in [2.05, 4.69) is 20.3 Å². The Morgan fingerprint density at radius 2 is 2.30 bits per heavy atom. The summed E-state index contributed by atoms with van der Waals surface area (Å²) in [6.45, 7) is 2.29. The number of nitrogens with one attached hydrogen (secondary N) is 1. The summed E-state index contributed by atoms with van der Waals surface area (Å²) in [5.74, 6) is 2.09. The lowest BCUT2D eigenvalue weighted by Gasteiger charge is -2.21. The number of hydrogen-bond donors (Lipinski definition) is 1. The van der Waals surface area contributed by atoms with Crippen molar-refractivity contribution >= 4 is 5.91 Å². The summed E-state index contributed by atoms with van der Waals surface area (Å²) in [6.07, 6.45) is 2.95. The van der Waals surface area contributed by atoms with Crippen molar-refractivity contribution in [2.75, 3.05) is 13.7 Å². The van der Waals surface area contributed by atoms with Crippen molar-refractivity contribution in [1.82, 2.24) is 25.2 Å². The Labute approximate surface area is 133 Å². The van der Waals surface area contributed by atoms with Crippen molar-refractivity contribution in [2.24, 2.45) is 0 Å². The van der Waals surface area contributed by atoms with Crippen molar-refractivity contribution in [3.63, 3.8) is 0 Å². The third-order valence-electron chi connectivity index (χ3n) is 4.47. The van der Waals surface area contributed by atoms with E-state index in [1.54, 1.807) is 25.0 Å². The molecule has 0 spiro atoms. The summed E-state index contributed by atoms with van der Waals surface area (Å²) in [6, 6.07) is 1.47. The molecule has 1 aliphatic carbocycles. The lowest BCUT2D eigenvalue weighted by molar-refractivity contribution is 0.0645. The van der Waals surface area contributed by atoms with Crippen LogP contribution in [0.1, 0.15) is 59.1 Å². The molecule has 2 aromatic heterocycles. The first-order valence-electron chi connectivity index (χ1n) is 7.85. The van der Waals surface area contributed by atoms with Gasteiger partial charge in [-0.3, -0.25) is 9.89 Å². The zero-order valence-corrected chi connectivity index (χ0v) is 13.2. The molecule has 2 atom stereocenters. The van der Waals surface area contributed by atoms with E-state index >= 15 is 0 Å². The first-order valence-corrected chi connectivity index (χ1v) is 7.85. The number of likely N-dealkylation sites (tertiary alicyclic amines) is 1. The van der Waals surface area contributed by atoms with Crippen LogP contribution in [0.3, 0.4) is 0 Å². The van der Waals surface area contributed by atoms with Crippen LogP contribution in [0, 0.1) is 6.92 Å². The van der Waals surface area contributed by atoms with Crippen LogP contribution < -0.4 is 0 Å². The molecular weight excluding hydrogens is 298 g/mol. The first kappa shape index (κ1) is 14.4. The number of nitrogens with zero attached hydrogens (tertiary/aromatic N) is 4. The maximum Gasteiger partial charge on any atom is 0.293 e. The molecule has 2 aliphatic rings. The smallest absolute Gasteiger partial charge is 0.293 e. The van der Waals surface area contributed by atoms with Crippen LogP contribution in [0.5, 0.6) is 0 Å². The number of ether oxygens (including phenoxy) is 1. The van der Waals surface area contributed by atoms with Crippen LogP contribution in [-0.2, 0) is 4.74 Å². The Morgan fingerprint density at radius 3 is 2.96 bits per heavy atom. The van der Waals surface area contributed by atoms with E-state index in [-0.39, 0.29) is 23.8 Å². The lowest BCUT2D eigenvalue weighted by atomic mass is 10.2. The van der Waals surface area contributed by atoms with Gasteiger partial charge in [0.15, 0.2) is 5.82 Å². The Bertz CT molecular complexity index is 720. The maximum absolute atomic E-state index is 12.7. The minimum Gasteiger partial charge on any atom is -0.380 e. The summed E-state index contributed by atoms with van der Waals surface area (Å²) in [4.78, 5) is 19.1. The maximum atomic E-state index is 12.7. The van der Waals surface area contributed by atoms with E-state index in [1.165, 1.54) is 0 Å². The van der Waals surface area contributed by atoms with Gasteiger partial charge in [-0.15, -0.1) is 0 Å². The highest BCUT2D eigenvalue weighted by atomic mass is 16.5. The molecule has 0 unspecified atom stereocenters. The molecule has 8 nitrogen and oxygen atoms in total. The van der Waals surface area contributed by atoms with Gasteiger partial charge in [0.05, 0.1) is 17.8 Å². The number of rotatable bonds is 4. The fourth-order valence-electron chi connectivity index (χ4n) is 3.02. The molecule has 2 aromatic rings. The molecule has 1 aliphatic heterocycles. The Balaban J connectivity index is 1.60. The zero-order chi connectivity index (χ0) is 16.0. The number of carbonyl (C=O) groups is 1. The highest BCUT2D eigenvalue weighted by molar-refractivity contribution is 5.92. The third-order valence-corrected chi connectivity index (χ3v) is 4.47. The highest BCUT2D eigenvalue weighted by Crippen LogP contribution is 2.39. The van der Waals surface area contributed by atoms with Gasteiger partial charge in [0.25, 0.3) is 5.91 Å². The molecule has 0 aromatic carbocycles. The summed E-state index contributed by atoms with van der Waals surface area (Å²) in [7, 11) is 1.66. The molecule has 1 saturated carbocycles. The summed E-state index contributed by atoms with van der Waals surface area (Å²) in [5.41, 5.74) is 0.683. The SMILES string of the molecule is CO[C@@H]1C[C@@H](c2nc(C3CC3)n[nH]2)N(C(=O)c2cc(C)no2)C1. The predicted molar refractivity (Wildman–Crippen MR) is 78.8 cm³/mol. The molecule has 122 valence electrons. The topological polar surface area (TPSA) is 97.1 Å². The second-order valence-electron chi connectivity index (χ2n) is 6.25. The molecule has 0 bridgehead atoms. The fourth-order valence-corrected chi connectivity index (χ4v) is 3.02. The largest absolute Gasteiger partial charge is 0.380 e. The minimum absolute atomic E-state index is 0.0255. The molecule has 2 fully saturated rings. The second kappa shape index (κ2) is 5.45. The van der Waals surface area contributed by atoms with Crippen molar-refractivity contribution in [3.8, 4) is 0 Å². The Hall–Kier alpha value is -2.22. The number of aromatic nitrogens is 4. The minimum atomic E-state index is -0.195. The van der Waals surface area contributed by atoms with E-state index in [9.17, 15) is 4.79 Å². The molecular formula is C15H19N5O3. The van der Waals surface area contributed by atoms with Gasteiger partial charge in [0.1, 0.15) is 5.82 Å². The van der Waals surface area contributed by atoms with E-state index in [0.29, 0.717) is 24.6 Å². The molecule has 4 rings (SSSR count). The summed E-state index contributed by atoms with van der Waals surface area (Å²) < 4.78 is 10.6. The number of carbonyl (C=O) groups excluding carboxylic acids is 1. The van der Waals surface area contributed by atoms with Crippen molar-refractivity contribution in [3.05, 3.63) is 29.2 Å². The van der Waals surface area contributed by atoms with Gasteiger partial charge < -0.3 is 14.2 Å². The Kier molecular flexibility index (Phi) is 3.41. The van der Waals surface area contributed by atoms with E-state index in [0.717, 1.165) is 24.5 Å². The van der Waals surface area contributed by atoms with E-state index < -0.39 is 0 Å². The highest BCUT2D eigenvalue weighted by Gasteiger charge is 2.40. The van der Waals surface area contributed by atoms with E-state index in [4.69, 9.17) is 9.26 Å². The van der Waals surface area contributed by atoms with E-state index in [1.807, 2.05) is 0 Å². The number of aromatic amines is 1. The third kappa shape index (κ3) is 2.63. The molecule has 1 saturated heterocycles. The molecule has 23 heavy (non-hydrogen) atoms. The van der Waals surface area contributed by atoms with Gasteiger partial charge in [0, 0.05) is 32.1 Å². The zero-order valence-electron chi connectivity index (χ0n) is 13.2. The molecule has 0 radical (unpaired) electrons. The monoisotopic (exact) mass is 317 g/mol.